The largest absolute Gasteiger partial charge is 0.444 e. The summed E-state index contributed by atoms with van der Waals surface area (Å²) in [5.74, 6) is -0.608. The highest BCUT2D eigenvalue weighted by Crippen LogP contribution is 2.35. The molecule has 1 aliphatic rings. The van der Waals surface area contributed by atoms with Crippen LogP contribution in [0.4, 0.5) is 9.18 Å². The van der Waals surface area contributed by atoms with E-state index in [1.807, 2.05) is 6.07 Å². The normalized spacial score (nSPS) is 16.4. The minimum Gasteiger partial charge on any atom is -0.444 e. The van der Waals surface area contributed by atoms with E-state index in [0.717, 1.165) is 0 Å². The van der Waals surface area contributed by atoms with Crippen molar-refractivity contribution in [1.29, 1.82) is 10.5 Å². The van der Waals surface area contributed by atoms with Crippen LogP contribution >= 0.6 is 0 Å². The molecule has 0 saturated heterocycles. The Bertz CT molecular complexity index is 1540. The molecule has 0 saturated carbocycles. The third-order valence-electron chi connectivity index (χ3n) is 5.78. The van der Waals surface area contributed by atoms with Gasteiger partial charge in [-0.05, 0) is 57.5 Å². The van der Waals surface area contributed by atoms with Crippen LogP contribution in [0.15, 0.2) is 47.7 Å². The number of hydrogen-bond donors (Lipinski definition) is 1. The van der Waals surface area contributed by atoms with Crippen LogP contribution in [0.5, 0.6) is 0 Å². The number of aromatic nitrogens is 3. The van der Waals surface area contributed by atoms with Gasteiger partial charge in [0, 0.05) is 18.2 Å². The molecular formula is C27H24FN7O3. The van der Waals surface area contributed by atoms with E-state index in [-0.39, 0.29) is 47.4 Å². The maximum atomic E-state index is 15.2. The van der Waals surface area contributed by atoms with Gasteiger partial charge in [0.05, 0.1) is 18.3 Å². The maximum Gasteiger partial charge on any atom is 0.413 e. The molecule has 1 N–H and O–H groups in total. The first-order valence-electron chi connectivity index (χ1n) is 11.7. The van der Waals surface area contributed by atoms with Gasteiger partial charge in [-0.25, -0.2) is 14.2 Å². The lowest BCUT2D eigenvalue weighted by atomic mass is 9.88. The highest BCUT2D eigenvalue weighted by molar-refractivity contribution is 6.05. The maximum absolute atomic E-state index is 15.2. The predicted molar refractivity (Wildman–Crippen MR) is 134 cm³/mol. The number of Topliss-reactive ketones (excluding diaryl/α,β-unsaturated/α-hetero) is 1. The van der Waals surface area contributed by atoms with Crippen LogP contribution in [0, 0.1) is 28.5 Å². The van der Waals surface area contributed by atoms with Crippen LogP contribution in [0.2, 0.25) is 0 Å². The molecule has 3 aromatic rings. The Morgan fingerprint density at radius 1 is 1.16 bits per heavy atom. The van der Waals surface area contributed by atoms with Crippen molar-refractivity contribution in [1.82, 2.24) is 19.9 Å². The molecule has 192 valence electrons. The number of carbonyl (C=O) groups is 2. The summed E-state index contributed by atoms with van der Waals surface area (Å²) in [6, 6.07) is 11.3. The summed E-state index contributed by atoms with van der Waals surface area (Å²) in [6.45, 7) is 6.87. The number of halogens is 1. The van der Waals surface area contributed by atoms with Gasteiger partial charge in [0.25, 0.3) is 0 Å². The number of carbonyl (C=O) groups excluding carboxylic acids is 2. The first kappa shape index (κ1) is 26.2. The van der Waals surface area contributed by atoms with Crippen molar-refractivity contribution in [3.05, 3.63) is 82.4 Å². The number of aliphatic imine (C=N–C) groups is 1. The number of amidine groups is 1. The molecule has 0 radical (unpaired) electrons. The van der Waals surface area contributed by atoms with E-state index >= 15 is 4.39 Å². The van der Waals surface area contributed by atoms with Crippen molar-refractivity contribution in [2.75, 3.05) is 0 Å². The molecular weight excluding hydrogens is 489 g/mol. The van der Waals surface area contributed by atoms with Crippen LogP contribution in [-0.4, -0.2) is 37.8 Å². The summed E-state index contributed by atoms with van der Waals surface area (Å²) in [7, 11) is 0. The fourth-order valence-electron chi connectivity index (χ4n) is 4.08. The zero-order valence-electron chi connectivity index (χ0n) is 21.2. The van der Waals surface area contributed by atoms with E-state index < -0.39 is 23.1 Å². The summed E-state index contributed by atoms with van der Waals surface area (Å²) >= 11 is 0. The monoisotopic (exact) mass is 513 g/mol. The number of amides is 1. The van der Waals surface area contributed by atoms with Crippen LogP contribution in [0.3, 0.4) is 0 Å². The SMILES string of the molecule is CC(C)(C)OC(=O)NC1=NC(C)(c2cc(CC(=O)c3ccc(C#N)cn3)ccc2F)Cn2c(C#N)cnc21. The average Bonchev–Trinajstić information content (AvgIpc) is 3.26. The molecule has 1 unspecified atom stereocenters. The van der Waals surface area contributed by atoms with E-state index in [1.54, 1.807) is 38.3 Å². The molecule has 1 amide bonds. The lowest BCUT2D eigenvalue weighted by molar-refractivity contribution is 0.0562. The van der Waals surface area contributed by atoms with Gasteiger partial charge in [-0.15, -0.1) is 0 Å². The van der Waals surface area contributed by atoms with E-state index in [0.29, 0.717) is 11.1 Å². The number of alkyl carbamates (subject to hydrolysis) is 1. The van der Waals surface area contributed by atoms with Gasteiger partial charge >= 0.3 is 6.09 Å². The highest BCUT2D eigenvalue weighted by Gasteiger charge is 2.38. The number of nitriles is 2. The molecule has 1 atom stereocenters. The molecule has 1 aromatic carbocycles. The number of ether oxygens (including phenoxy) is 1. The van der Waals surface area contributed by atoms with Crippen LogP contribution in [-0.2, 0) is 23.2 Å². The van der Waals surface area contributed by atoms with Gasteiger partial charge in [-0.3, -0.25) is 20.1 Å². The van der Waals surface area contributed by atoms with Gasteiger partial charge in [0.1, 0.15) is 40.5 Å². The lowest BCUT2D eigenvalue weighted by Crippen LogP contribution is -2.44. The zero-order valence-corrected chi connectivity index (χ0v) is 21.2. The second-order valence-electron chi connectivity index (χ2n) is 9.98. The summed E-state index contributed by atoms with van der Waals surface area (Å²) in [5.41, 5.74) is -0.618. The van der Waals surface area contributed by atoms with Gasteiger partial charge in [0.15, 0.2) is 17.4 Å². The van der Waals surface area contributed by atoms with Crippen LogP contribution < -0.4 is 5.32 Å². The predicted octanol–water partition coefficient (Wildman–Crippen LogP) is 3.79. The number of imidazole rings is 1. The Morgan fingerprint density at radius 2 is 1.92 bits per heavy atom. The summed E-state index contributed by atoms with van der Waals surface area (Å²) in [5, 5.41) is 21.1. The molecule has 2 aromatic heterocycles. The average molecular weight is 514 g/mol. The Balaban J connectivity index is 1.70. The number of nitrogens with one attached hydrogen (secondary N) is 1. The molecule has 0 aliphatic carbocycles. The van der Waals surface area contributed by atoms with Crippen molar-refractivity contribution in [2.45, 2.75) is 51.8 Å². The van der Waals surface area contributed by atoms with E-state index in [9.17, 15) is 14.9 Å². The van der Waals surface area contributed by atoms with Crippen molar-refractivity contribution >= 4 is 17.7 Å². The zero-order chi connectivity index (χ0) is 27.7. The third-order valence-corrected chi connectivity index (χ3v) is 5.78. The summed E-state index contributed by atoms with van der Waals surface area (Å²) in [4.78, 5) is 38.2. The minimum absolute atomic E-state index is 0.0252. The smallest absolute Gasteiger partial charge is 0.413 e. The van der Waals surface area contributed by atoms with Crippen molar-refractivity contribution in [2.24, 2.45) is 4.99 Å². The molecule has 0 spiro atoms. The molecule has 0 bridgehead atoms. The van der Waals surface area contributed by atoms with Gasteiger partial charge in [-0.2, -0.15) is 10.5 Å². The Morgan fingerprint density at radius 3 is 2.55 bits per heavy atom. The first-order chi connectivity index (χ1) is 17.9. The number of fused-ring (bicyclic) bond motifs is 1. The second-order valence-corrected chi connectivity index (χ2v) is 9.98. The topological polar surface area (TPSA) is 146 Å². The minimum atomic E-state index is -1.26. The van der Waals surface area contributed by atoms with Crippen molar-refractivity contribution in [3.63, 3.8) is 0 Å². The van der Waals surface area contributed by atoms with Crippen molar-refractivity contribution in [3.8, 4) is 12.1 Å². The van der Waals surface area contributed by atoms with E-state index in [1.165, 1.54) is 36.7 Å². The van der Waals surface area contributed by atoms with E-state index in [4.69, 9.17) is 10.00 Å². The van der Waals surface area contributed by atoms with E-state index in [2.05, 4.69) is 26.3 Å². The van der Waals surface area contributed by atoms with Gasteiger partial charge in [0.2, 0.25) is 0 Å². The van der Waals surface area contributed by atoms with Gasteiger partial charge < -0.3 is 9.30 Å². The Hall–Kier alpha value is -4.90. The summed E-state index contributed by atoms with van der Waals surface area (Å²) < 4.78 is 22.1. The van der Waals surface area contributed by atoms with Crippen molar-refractivity contribution < 1.29 is 18.7 Å². The Labute approximate surface area is 218 Å². The molecule has 38 heavy (non-hydrogen) atoms. The third kappa shape index (κ3) is 5.42. The number of hydrogen-bond acceptors (Lipinski definition) is 8. The van der Waals surface area contributed by atoms with Crippen LogP contribution in [0.1, 0.15) is 66.4 Å². The fraction of sp³-hybridized carbons (Fsp3) is 0.296. The number of ketones is 1. The molecule has 4 rings (SSSR count). The molecule has 3 heterocycles. The number of benzene rings is 1. The summed E-state index contributed by atoms with van der Waals surface area (Å²) in [6.07, 6.45) is 1.83. The first-order valence-corrected chi connectivity index (χ1v) is 11.7. The van der Waals surface area contributed by atoms with Gasteiger partial charge in [-0.1, -0.05) is 6.07 Å². The molecule has 1 aliphatic heterocycles. The quantitative estimate of drug-likeness (QED) is 0.522. The van der Waals surface area contributed by atoms with Crippen LogP contribution in [0.25, 0.3) is 0 Å². The molecule has 10 nitrogen and oxygen atoms in total. The second kappa shape index (κ2) is 9.87. The number of nitrogens with zero attached hydrogens (tertiary/aromatic N) is 6. The number of rotatable bonds is 4. The standard InChI is InChI=1S/C27H24FN7O3/c1-26(2,3)38-25(37)33-23-24-32-14-18(12-30)35(24)15-27(4,34-23)19-9-16(5-7-20(19)28)10-22(36)21-8-6-17(11-29)13-31-21/h5-9,13-14H,10,15H2,1-4H3,(H,33,34,37). The Kier molecular flexibility index (Phi) is 6.79. The lowest BCUT2D eigenvalue weighted by Gasteiger charge is -2.33. The molecule has 0 fully saturated rings. The number of pyridine rings is 1. The highest BCUT2D eigenvalue weighted by atomic mass is 19.1. The fourth-order valence-corrected chi connectivity index (χ4v) is 4.08. The molecule has 11 heteroatoms.